The standard InChI is InChI=1S/C23H22ClN5O/c1-28(18-6-4-5-16(13-18)9-12-23(30)10-2-3-11-23)21-19-8-7-17(24)14-20(19)29(15-25)22(26)27-21/h4-8,13-15,25-26,30H,2-3,10-11H2,1H3. The van der Waals surface area contributed by atoms with Gasteiger partial charge in [0.05, 0.1) is 11.9 Å². The van der Waals surface area contributed by atoms with E-state index in [-0.39, 0.29) is 5.62 Å². The van der Waals surface area contributed by atoms with Gasteiger partial charge in [0.25, 0.3) is 0 Å². The van der Waals surface area contributed by atoms with Crippen LogP contribution in [0.5, 0.6) is 0 Å². The molecule has 1 aromatic heterocycles. The highest BCUT2D eigenvalue weighted by molar-refractivity contribution is 6.31. The van der Waals surface area contributed by atoms with Crippen molar-refractivity contribution in [1.29, 1.82) is 10.8 Å². The second kappa shape index (κ2) is 7.94. The van der Waals surface area contributed by atoms with Crippen molar-refractivity contribution in [2.75, 3.05) is 11.9 Å². The second-order valence-electron chi connectivity index (χ2n) is 7.52. The summed E-state index contributed by atoms with van der Waals surface area (Å²) in [4.78, 5) is 6.30. The van der Waals surface area contributed by atoms with Gasteiger partial charge in [0.1, 0.15) is 11.4 Å². The molecule has 30 heavy (non-hydrogen) atoms. The molecule has 1 aliphatic rings. The summed E-state index contributed by atoms with van der Waals surface area (Å²) in [5, 5.41) is 27.6. The fourth-order valence-corrected chi connectivity index (χ4v) is 3.96. The Kier molecular flexibility index (Phi) is 5.33. The highest BCUT2D eigenvalue weighted by Crippen LogP contribution is 2.31. The van der Waals surface area contributed by atoms with Crippen LogP contribution in [-0.2, 0) is 0 Å². The summed E-state index contributed by atoms with van der Waals surface area (Å²) in [6.45, 7) is 0. The van der Waals surface area contributed by atoms with Gasteiger partial charge in [-0.3, -0.25) is 15.4 Å². The zero-order chi connectivity index (χ0) is 21.3. The van der Waals surface area contributed by atoms with Gasteiger partial charge in [-0.25, -0.2) is 0 Å². The van der Waals surface area contributed by atoms with Gasteiger partial charge in [0.15, 0.2) is 0 Å². The van der Waals surface area contributed by atoms with E-state index < -0.39 is 5.60 Å². The molecule has 6 nitrogen and oxygen atoms in total. The van der Waals surface area contributed by atoms with Gasteiger partial charge >= 0.3 is 0 Å². The SMILES string of the molecule is CN(c1cccc(C#CC2(O)CCCC2)c1)c1nc(=N)n(C=N)c2cc(Cl)ccc12. The monoisotopic (exact) mass is 419 g/mol. The van der Waals surface area contributed by atoms with Crippen LogP contribution in [0.4, 0.5) is 11.5 Å². The van der Waals surface area contributed by atoms with Crippen LogP contribution in [0.1, 0.15) is 31.2 Å². The van der Waals surface area contributed by atoms with Gasteiger partial charge in [-0.1, -0.05) is 29.5 Å². The molecule has 0 radical (unpaired) electrons. The normalized spacial score (nSPS) is 14.9. The molecule has 7 heteroatoms. The van der Waals surface area contributed by atoms with E-state index in [1.165, 1.54) is 4.57 Å². The molecule has 1 saturated carbocycles. The van der Waals surface area contributed by atoms with Gasteiger partial charge in [-0.05, 0) is 62.1 Å². The van der Waals surface area contributed by atoms with Crippen molar-refractivity contribution < 1.29 is 5.11 Å². The van der Waals surface area contributed by atoms with Crippen LogP contribution in [-0.4, -0.2) is 33.6 Å². The predicted octanol–water partition coefficient (Wildman–Crippen LogP) is 4.05. The molecule has 0 spiro atoms. The second-order valence-corrected chi connectivity index (χ2v) is 7.95. The first kappa shape index (κ1) is 20.1. The summed E-state index contributed by atoms with van der Waals surface area (Å²) in [6.07, 6.45) is 4.52. The van der Waals surface area contributed by atoms with Gasteiger partial charge in [0, 0.05) is 28.7 Å². The molecule has 0 aliphatic heterocycles. The fourth-order valence-electron chi connectivity index (χ4n) is 3.80. The van der Waals surface area contributed by atoms with Gasteiger partial charge in [-0.15, -0.1) is 0 Å². The fraction of sp³-hybridized carbons (Fsp3) is 0.261. The van der Waals surface area contributed by atoms with E-state index in [1.807, 2.05) is 42.3 Å². The van der Waals surface area contributed by atoms with Crippen LogP contribution in [0.2, 0.25) is 5.02 Å². The van der Waals surface area contributed by atoms with E-state index in [1.54, 1.807) is 12.1 Å². The first-order chi connectivity index (χ1) is 14.4. The maximum absolute atomic E-state index is 10.5. The zero-order valence-corrected chi connectivity index (χ0v) is 17.4. The lowest BCUT2D eigenvalue weighted by atomic mass is 10.0. The van der Waals surface area contributed by atoms with E-state index in [4.69, 9.17) is 22.4 Å². The van der Waals surface area contributed by atoms with Crippen LogP contribution in [0.25, 0.3) is 10.9 Å². The zero-order valence-electron chi connectivity index (χ0n) is 16.6. The van der Waals surface area contributed by atoms with Crippen molar-refractivity contribution in [2.24, 2.45) is 0 Å². The molecule has 2 aromatic carbocycles. The maximum atomic E-state index is 10.5. The number of aromatic nitrogens is 2. The molecule has 1 aliphatic carbocycles. The highest BCUT2D eigenvalue weighted by Gasteiger charge is 2.28. The molecule has 3 N–H and O–H groups in total. The van der Waals surface area contributed by atoms with E-state index in [2.05, 4.69) is 16.8 Å². The van der Waals surface area contributed by atoms with E-state index in [0.717, 1.165) is 48.7 Å². The van der Waals surface area contributed by atoms with Crippen molar-refractivity contribution in [2.45, 2.75) is 31.3 Å². The Morgan fingerprint density at radius 3 is 2.73 bits per heavy atom. The number of hydrogen-bond acceptors (Lipinski definition) is 5. The minimum Gasteiger partial charge on any atom is -0.378 e. The largest absolute Gasteiger partial charge is 0.378 e. The number of fused-ring (bicyclic) bond motifs is 1. The van der Waals surface area contributed by atoms with Crippen LogP contribution in [0, 0.1) is 22.7 Å². The number of aliphatic hydroxyl groups is 1. The molecule has 3 aromatic rings. The van der Waals surface area contributed by atoms with Crippen LogP contribution >= 0.6 is 11.6 Å². The van der Waals surface area contributed by atoms with Crippen LogP contribution in [0.3, 0.4) is 0 Å². The summed E-state index contributed by atoms with van der Waals surface area (Å²) >= 11 is 6.15. The Hall–Kier alpha value is -3.14. The lowest BCUT2D eigenvalue weighted by Gasteiger charge is -2.21. The summed E-state index contributed by atoms with van der Waals surface area (Å²) < 4.78 is 1.38. The molecule has 0 unspecified atom stereocenters. The molecule has 1 heterocycles. The van der Waals surface area contributed by atoms with E-state index in [9.17, 15) is 5.11 Å². The molecule has 1 fully saturated rings. The molecule has 152 valence electrons. The van der Waals surface area contributed by atoms with Gasteiger partial charge in [-0.2, -0.15) is 4.98 Å². The highest BCUT2D eigenvalue weighted by atomic mass is 35.5. The summed E-state index contributed by atoms with van der Waals surface area (Å²) in [5.74, 6) is 6.74. The molecule has 0 saturated heterocycles. The Morgan fingerprint density at radius 1 is 1.23 bits per heavy atom. The Morgan fingerprint density at radius 2 is 2.00 bits per heavy atom. The third-order valence-electron chi connectivity index (χ3n) is 5.45. The lowest BCUT2D eigenvalue weighted by Crippen LogP contribution is -2.26. The number of nitrogens with zero attached hydrogens (tertiary/aromatic N) is 3. The van der Waals surface area contributed by atoms with Crippen molar-refractivity contribution in [3.63, 3.8) is 0 Å². The molecular weight excluding hydrogens is 398 g/mol. The van der Waals surface area contributed by atoms with Crippen LogP contribution in [0.15, 0.2) is 42.5 Å². The summed E-state index contributed by atoms with van der Waals surface area (Å²) in [5.41, 5.74) is 1.37. The van der Waals surface area contributed by atoms with Gasteiger partial charge < -0.3 is 10.0 Å². The minimum absolute atomic E-state index is 0.0546. The Balaban J connectivity index is 1.76. The summed E-state index contributed by atoms with van der Waals surface area (Å²) in [6, 6.07) is 13.0. The first-order valence-electron chi connectivity index (χ1n) is 9.76. The minimum atomic E-state index is -0.876. The maximum Gasteiger partial charge on any atom is 0.229 e. The Bertz CT molecular complexity index is 1250. The van der Waals surface area contributed by atoms with Gasteiger partial charge in [0.2, 0.25) is 5.62 Å². The van der Waals surface area contributed by atoms with Crippen molar-refractivity contribution in [1.82, 2.24) is 9.55 Å². The average Bonchev–Trinajstić information content (AvgIpc) is 3.18. The lowest BCUT2D eigenvalue weighted by molar-refractivity contribution is 0.110. The molecule has 0 atom stereocenters. The molecule has 4 rings (SSSR count). The average molecular weight is 420 g/mol. The van der Waals surface area contributed by atoms with Crippen molar-refractivity contribution in [3.8, 4) is 11.8 Å². The number of hydrogen-bond donors (Lipinski definition) is 3. The molecule has 0 amide bonds. The number of halogens is 1. The molecule has 0 bridgehead atoms. The predicted molar refractivity (Wildman–Crippen MR) is 120 cm³/mol. The van der Waals surface area contributed by atoms with E-state index in [0.29, 0.717) is 16.4 Å². The number of anilines is 2. The topological polar surface area (TPSA) is 89.0 Å². The number of nitrogens with one attached hydrogen (secondary N) is 2. The van der Waals surface area contributed by atoms with Crippen molar-refractivity contribution >= 4 is 40.3 Å². The van der Waals surface area contributed by atoms with E-state index >= 15 is 0 Å². The third-order valence-corrected chi connectivity index (χ3v) is 5.69. The smallest absolute Gasteiger partial charge is 0.229 e. The molecular formula is C23H22ClN5O. The van der Waals surface area contributed by atoms with Crippen LogP contribution < -0.4 is 10.5 Å². The Labute approximate surface area is 179 Å². The number of benzene rings is 2. The first-order valence-corrected chi connectivity index (χ1v) is 10.1. The summed E-state index contributed by atoms with van der Waals surface area (Å²) in [7, 11) is 1.88. The quantitative estimate of drug-likeness (QED) is 0.340. The number of rotatable bonds is 3. The third kappa shape index (κ3) is 3.82. The van der Waals surface area contributed by atoms with Crippen molar-refractivity contribution in [3.05, 3.63) is 58.7 Å².